The molecule has 0 aliphatic heterocycles. The number of rotatable bonds is 13. The number of hydrogen-bond donors (Lipinski definition) is 1. The predicted molar refractivity (Wildman–Crippen MR) is 176 cm³/mol. The Balaban J connectivity index is 1.79. The van der Waals surface area contributed by atoms with Gasteiger partial charge in [-0.05, 0) is 67.8 Å². The third-order valence-corrected chi connectivity index (χ3v) is 9.30. The number of nitrogens with zero attached hydrogens (tertiary/aromatic N) is 2. The molecule has 4 aromatic rings. The van der Waals surface area contributed by atoms with E-state index in [1.165, 1.54) is 29.2 Å². The molecule has 0 bridgehead atoms. The molecule has 0 aliphatic rings. The van der Waals surface area contributed by atoms with E-state index in [-0.39, 0.29) is 23.8 Å². The van der Waals surface area contributed by atoms with Crippen molar-refractivity contribution < 1.29 is 18.0 Å². The van der Waals surface area contributed by atoms with Crippen LogP contribution in [0.15, 0.2) is 108 Å². The van der Waals surface area contributed by atoms with Gasteiger partial charge in [-0.3, -0.25) is 13.9 Å². The smallest absolute Gasteiger partial charge is 0.264 e. The molecule has 1 atom stereocenters. The van der Waals surface area contributed by atoms with Gasteiger partial charge in [-0.2, -0.15) is 0 Å². The average Bonchev–Trinajstić information content (AvgIpc) is 3.01. The van der Waals surface area contributed by atoms with E-state index < -0.39 is 28.5 Å². The summed E-state index contributed by atoms with van der Waals surface area (Å²) in [4.78, 5) is 29.7. The number of benzene rings is 4. The highest BCUT2D eigenvalue weighted by atomic mass is 35.5. The fourth-order valence-corrected chi connectivity index (χ4v) is 6.44. The molecular weight excluding hydrogens is 594 g/mol. The molecule has 0 aliphatic carbocycles. The lowest BCUT2D eigenvalue weighted by Gasteiger charge is -2.34. The Kier molecular flexibility index (Phi) is 11.2. The third kappa shape index (κ3) is 8.49. The minimum atomic E-state index is -4.18. The molecule has 0 spiro atoms. The highest BCUT2D eigenvalue weighted by Gasteiger charge is 2.34. The van der Waals surface area contributed by atoms with Gasteiger partial charge in [0.05, 0.1) is 10.6 Å². The number of halogens is 1. The zero-order chi connectivity index (χ0) is 31.7. The van der Waals surface area contributed by atoms with Crippen molar-refractivity contribution in [2.45, 2.75) is 51.1 Å². The molecule has 0 fully saturated rings. The topological polar surface area (TPSA) is 86.8 Å². The van der Waals surface area contributed by atoms with E-state index >= 15 is 0 Å². The van der Waals surface area contributed by atoms with Crippen LogP contribution in [0.25, 0.3) is 0 Å². The van der Waals surface area contributed by atoms with Crippen LogP contribution < -0.4 is 9.62 Å². The van der Waals surface area contributed by atoms with Crippen molar-refractivity contribution in [1.29, 1.82) is 0 Å². The zero-order valence-electron chi connectivity index (χ0n) is 25.2. The van der Waals surface area contributed by atoms with Crippen LogP contribution in [0, 0.1) is 13.8 Å². The summed E-state index contributed by atoms with van der Waals surface area (Å²) in [6.45, 7) is 5.90. The van der Waals surface area contributed by atoms with Crippen LogP contribution in [0.2, 0.25) is 5.02 Å². The number of carbonyl (C=O) groups is 2. The Morgan fingerprint density at radius 1 is 0.818 bits per heavy atom. The largest absolute Gasteiger partial charge is 0.354 e. The SMILES string of the molecule is CCCNC(=O)[C@@H](Cc1ccccc1)N(Cc1cccc(C)c1)C(=O)CN(c1ccc(C)cc1)S(=O)(=O)c1ccc(Cl)cc1. The van der Waals surface area contributed by atoms with Crippen LogP contribution >= 0.6 is 11.6 Å². The highest BCUT2D eigenvalue weighted by Crippen LogP contribution is 2.26. The summed E-state index contributed by atoms with van der Waals surface area (Å²) in [5.74, 6) is -0.795. The first-order chi connectivity index (χ1) is 21.1. The van der Waals surface area contributed by atoms with E-state index in [9.17, 15) is 18.0 Å². The zero-order valence-corrected chi connectivity index (χ0v) is 26.8. The Morgan fingerprint density at radius 2 is 1.48 bits per heavy atom. The summed E-state index contributed by atoms with van der Waals surface area (Å²) in [5.41, 5.74) is 4.01. The first-order valence-corrected chi connectivity index (χ1v) is 16.4. The molecule has 44 heavy (non-hydrogen) atoms. The van der Waals surface area contributed by atoms with E-state index in [1.807, 2.05) is 75.4 Å². The monoisotopic (exact) mass is 631 g/mol. The van der Waals surface area contributed by atoms with Crippen LogP contribution in [0.4, 0.5) is 5.69 Å². The van der Waals surface area contributed by atoms with E-state index in [2.05, 4.69) is 5.32 Å². The molecule has 9 heteroatoms. The second kappa shape index (κ2) is 15.0. The van der Waals surface area contributed by atoms with Crippen LogP contribution in [-0.4, -0.2) is 44.3 Å². The maximum absolute atomic E-state index is 14.4. The van der Waals surface area contributed by atoms with Crippen molar-refractivity contribution in [2.75, 3.05) is 17.4 Å². The van der Waals surface area contributed by atoms with Crippen molar-refractivity contribution in [3.05, 3.63) is 130 Å². The van der Waals surface area contributed by atoms with Crippen LogP contribution in [0.1, 0.15) is 35.6 Å². The van der Waals surface area contributed by atoms with Gasteiger partial charge in [0, 0.05) is 24.5 Å². The third-order valence-electron chi connectivity index (χ3n) is 7.26. The van der Waals surface area contributed by atoms with Crippen LogP contribution in [0.5, 0.6) is 0 Å². The minimum absolute atomic E-state index is 0.00188. The molecule has 7 nitrogen and oxygen atoms in total. The molecule has 2 amide bonds. The first kappa shape index (κ1) is 32.8. The first-order valence-electron chi connectivity index (χ1n) is 14.6. The molecule has 0 saturated heterocycles. The summed E-state index contributed by atoms with van der Waals surface area (Å²) < 4.78 is 29.2. The maximum Gasteiger partial charge on any atom is 0.264 e. The van der Waals surface area contributed by atoms with Crippen LogP contribution in [0.3, 0.4) is 0 Å². The molecule has 0 saturated carbocycles. The van der Waals surface area contributed by atoms with Crippen molar-refractivity contribution in [2.24, 2.45) is 0 Å². The van der Waals surface area contributed by atoms with Gasteiger partial charge in [-0.25, -0.2) is 8.42 Å². The molecule has 0 aromatic heterocycles. The highest BCUT2D eigenvalue weighted by molar-refractivity contribution is 7.92. The Labute approximate surface area is 265 Å². The van der Waals surface area contributed by atoms with E-state index in [4.69, 9.17) is 11.6 Å². The van der Waals surface area contributed by atoms with E-state index in [1.54, 1.807) is 24.3 Å². The fraction of sp³-hybridized carbons (Fsp3) is 0.257. The molecule has 0 unspecified atom stereocenters. The molecule has 0 radical (unpaired) electrons. The number of nitrogens with one attached hydrogen (secondary N) is 1. The molecule has 4 rings (SSSR count). The maximum atomic E-state index is 14.4. The molecule has 0 heterocycles. The standard InChI is InChI=1S/C35H38ClN3O4S/c1-4-21-37-35(41)33(23-28-10-6-5-7-11-28)38(24-29-12-8-9-27(3)22-29)34(40)25-39(31-17-13-26(2)14-18-31)44(42,43)32-19-15-30(36)16-20-32/h5-20,22,33H,4,21,23-25H2,1-3H3,(H,37,41)/t33-/m1/s1. The van der Waals surface area contributed by atoms with Gasteiger partial charge in [0.25, 0.3) is 10.0 Å². The Hall–Kier alpha value is -4.14. The van der Waals surface area contributed by atoms with Gasteiger partial charge in [-0.15, -0.1) is 0 Å². The second-order valence-corrected chi connectivity index (χ2v) is 13.1. The lowest BCUT2D eigenvalue weighted by molar-refractivity contribution is -0.140. The second-order valence-electron chi connectivity index (χ2n) is 10.8. The molecule has 1 N–H and O–H groups in total. The van der Waals surface area contributed by atoms with E-state index in [0.717, 1.165) is 33.0 Å². The van der Waals surface area contributed by atoms with Gasteiger partial charge in [0.15, 0.2) is 0 Å². The van der Waals surface area contributed by atoms with Gasteiger partial charge in [0.1, 0.15) is 12.6 Å². The van der Waals surface area contributed by atoms with Crippen molar-refractivity contribution in [3.8, 4) is 0 Å². The normalized spacial score (nSPS) is 11.9. The average molecular weight is 632 g/mol. The summed E-state index contributed by atoms with van der Waals surface area (Å²) in [7, 11) is -4.18. The van der Waals surface area contributed by atoms with Crippen molar-refractivity contribution >= 4 is 39.1 Å². The lowest BCUT2D eigenvalue weighted by Crippen LogP contribution is -2.53. The Bertz CT molecular complexity index is 1660. The van der Waals surface area contributed by atoms with Crippen LogP contribution in [-0.2, 0) is 32.6 Å². The number of carbonyl (C=O) groups excluding carboxylic acids is 2. The van der Waals surface area contributed by atoms with Crippen molar-refractivity contribution in [1.82, 2.24) is 10.2 Å². The van der Waals surface area contributed by atoms with E-state index in [0.29, 0.717) is 17.3 Å². The summed E-state index contributed by atoms with van der Waals surface area (Å²) in [6, 6.07) is 29.1. The molecule has 4 aromatic carbocycles. The quantitative estimate of drug-likeness (QED) is 0.187. The molecule has 230 valence electrons. The van der Waals surface area contributed by atoms with Gasteiger partial charge in [0.2, 0.25) is 11.8 Å². The minimum Gasteiger partial charge on any atom is -0.354 e. The molecular formula is C35H38ClN3O4S. The number of aryl methyl sites for hydroxylation is 2. The predicted octanol–water partition coefficient (Wildman–Crippen LogP) is 6.32. The van der Waals surface area contributed by atoms with Gasteiger partial charge in [-0.1, -0.05) is 96.4 Å². The van der Waals surface area contributed by atoms with Crippen molar-refractivity contribution in [3.63, 3.8) is 0 Å². The number of hydrogen-bond acceptors (Lipinski definition) is 4. The van der Waals surface area contributed by atoms with Gasteiger partial charge >= 0.3 is 0 Å². The summed E-state index contributed by atoms with van der Waals surface area (Å²) >= 11 is 6.05. The Morgan fingerprint density at radius 3 is 2.11 bits per heavy atom. The number of anilines is 1. The summed E-state index contributed by atoms with van der Waals surface area (Å²) in [5, 5.41) is 3.36. The van der Waals surface area contributed by atoms with Gasteiger partial charge < -0.3 is 10.2 Å². The lowest BCUT2D eigenvalue weighted by atomic mass is 10.0. The fourth-order valence-electron chi connectivity index (χ4n) is 4.90. The number of amides is 2. The summed E-state index contributed by atoms with van der Waals surface area (Å²) in [6.07, 6.45) is 0.999. The number of sulfonamides is 1.